The molecule has 0 aliphatic carbocycles. The molecule has 1 unspecified atom stereocenters. The van der Waals surface area contributed by atoms with Gasteiger partial charge < -0.3 is 10.4 Å². The van der Waals surface area contributed by atoms with Crippen molar-refractivity contribution in [1.82, 2.24) is 5.32 Å². The molecule has 0 saturated carbocycles. The van der Waals surface area contributed by atoms with Crippen molar-refractivity contribution in [2.45, 2.75) is 24.3 Å². The molecule has 88 valence electrons. The average Bonchev–Trinajstić information content (AvgIpc) is 2.34. The van der Waals surface area contributed by atoms with Gasteiger partial charge in [0.2, 0.25) is 5.91 Å². The van der Waals surface area contributed by atoms with Crippen LogP contribution in [0.5, 0.6) is 0 Å². The van der Waals surface area contributed by atoms with Crippen molar-refractivity contribution >= 4 is 17.7 Å². The number of nitrogens with one attached hydrogen (secondary N) is 1. The molecule has 4 heteroatoms. The maximum absolute atomic E-state index is 11.5. The number of aliphatic hydroxyl groups excluding tert-OH is 1. The van der Waals surface area contributed by atoms with Crippen LogP contribution in [0.1, 0.15) is 13.3 Å². The summed E-state index contributed by atoms with van der Waals surface area (Å²) in [4.78, 5) is 12.6. The molecular weight excluding hydrogens is 222 g/mol. The van der Waals surface area contributed by atoms with Crippen LogP contribution in [0.25, 0.3) is 0 Å². The topological polar surface area (TPSA) is 49.3 Å². The van der Waals surface area contributed by atoms with Crippen LogP contribution >= 0.6 is 11.8 Å². The minimum Gasteiger partial charge on any atom is -0.394 e. The fraction of sp³-hybridized carbons (Fsp3) is 0.417. The minimum absolute atomic E-state index is 0.00174. The molecule has 0 aliphatic rings. The Labute approximate surface area is 100 Å². The molecule has 1 amide bonds. The summed E-state index contributed by atoms with van der Waals surface area (Å²) in [6.07, 6.45) is 0.748. The Morgan fingerprint density at radius 3 is 2.69 bits per heavy atom. The fourth-order valence-electron chi connectivity index (χ4n) is 1.21. The number of thioether (sulfide) groups is 1. The third kappa shape index (κ3) is 4.68. The van der Waals surface area contributed by atoms with Gasteiger partial charge in [0.1, 0.15) is 0 Å². The minimum atomic E-state index is -0.121. The third-order valence-electron chi connectivity index (χ3n) is 2.19. The second-order valence-electron chi connectivity index (χ2n) is 3.46. The second kappa shape index (κ2) is 7.30. The van der Waals surface area contributed by atoms with Crippen molar-refractivity contribution in [3.8, 4) is 0 Å². The molecule has 0 aliphatic heterocycles. The third-order valence-corrected chi connectivity index (χ3v) is 3.20. The lowest BCUT2D eigenvalue weighted by atomic mass is 10.2. The lowest BCUT2D eigenvalue weighted by Gasteiger charge is -2.13. The molecule has 0 fully saturated rings. The van der Waals surface area contributed by atoms with E-state index in [0.29, 0.717) is 5.75 Å². The second-order valence-corrected chi connectivity index (χ2v) is 4.51. The first-order valence-electron chi connectivity index (χ1n) is 5.34. The highest BCUT2D eigenvalue weighted by Crippen LogP contribution is 2.16. The predicted molar refractivity (Wildman–Crippen MR) is 66.5 cm³/mol. The molecule has 16 heavy (non-hydrogen) atoms. The predicted octanol–water partition coefficient (Wildman–Crippen LogP) is 1.67. The lowest BCUT2D eigenvalue weighted by Crippen LogP contribution is -2.37. The van der Waals surface area contributed by atoms with Gasteiger partial charge in [-0.2, -0.15) is 0 Å². The normalized spacial score (nSPS) is 12.1. The Morgan fingerprint density at radius 1 is 1.44 bits per heavy atom. The fourth-order valence-corrected chi connectivity index (χ4v) is 1.94. The molecule has 0 radical (unpaired) electrons. The first-order valence-corrected chi connectivity index (χ1v) is 6.33. The van der Waals surface area contributed by atoms with Crippen molar-refractivity contribution in [3.63, 3.8) is 0 Å². The zero-order valence-corrected chi connectivity index (χ0v) is 10.2. The summed E-state index contributed by atoms with van der Waals surface area (Å²) in [5.74, 6) is 0.357. The van der Waals surface area contributed by atoms with Crippen LogP contribution in [0.4, 0.5) is 0 Å². The lowest BCUT2D eigenvalue weighted by molar-refractivity contribution is -0.119. The van der Waals surface area contributed by atoms with Crippen LogP contribution < -0.4 is 5.32 Å². The van der Waals surface area contributed by atoms with E-state index in [1.807, 2.05) is 37.3 Å². The van der Waals surface area contributed by atoms with Gasteiger partial charge in [0.25, 0.3) is 0 Å². The standard InChI is InChI=1S/C12H17NO2S/c1-2-10(8-14)13-12(15)9-16-11-6-4-3-5-7-11/h3-7,10,14H,2,8-9H2,1H3,(H,13,15). The summed E-state index contributed by atoms with van der Waals surface area (Å²) >= 11 is 1.50. The van der Waals surface area contributed by atoms with E-state index < -0.39 is 0 Å². The van der Waals surface area contributed by atoms with Crippen molar-refractivity contribution in [2.75, 3.05) is 12.4 Å². The smallest absolute Gasteiger partial charge is 0.230 e. The van der Waals surface area contributed by atoms with Crippen LogP contribution in [0.2, 0.25) is 0 Å². The molecule has 0 saturated heterocycles. The van der Waals surface area contributed by atoms with Gasteiger partial charge in [-0.3, -0.25) is 4.79 Å². The number of rotatable bonds is 6. The highest BCUT2D eigenvalue weighted by Gasteiger charge is 2.08. The van der Waals surface area contributed by atoms with Gasteiger partial charge in [-0.25, -0.2) is 0 Å². The van der Waals surface area contributed by atoms with Gasteiger partial charge in [0.15, 0.2) is 0 Å². The summed E-state index contributed by atoms with van der Waals surface area (Å²) in [7, 11) is 0. The van der Waals surface area contributed by atoms with Crippen molar-refractivity contribution in [1.29, 1.82) is 0 Å². The van der Waals surface area contributed by atoms with Gasteiger partial charge in [-0.15, -0.1) is 11.8 Å². The number of carbonyl (C=O) groups is 1. The van der Waals surface area contributed by atoms with Crippen molar-refractivity contribution in [3.05, 3.63) is 30.3 Å². The van der Waals surface area contributed by atoms with Crippen molar-refractivity contribution in [2.24, 2.45) is 0 Å². The van der Waals surface area contributed by atoms with E-state index in [1.165, 1.54) is 11.8 Å². The van der Waals surface area contributed by atoms with Crippen LogP contribution in [0.3, 0.4) is 0 Å². The molecule has 0 bridgehead atoms. The molecular formula is C12H17NO2S. The van der Waals surface area contributed by atoms with Gasteiger partial charge in [-0.1, -0.05) is 25.1 Å². The van der Waals surface area contributed by atoms with E-state index in [1.54, 1.807) is 0 Å². The number of hydrogen-bond donors (Lipinski definition) is 2. The highest BCUT2D eigenvalue weighted by atomic mass is 32.2. The largest absolute Gasteiger partial charge is 0.394 e. The van der Waals surface area contributed by atoms with E-state index in [9.17, 15) is 4.79 Å². The van der Waals surface area contributed by atoms with E-state index in [0.717, 1.165) is 11.3 Å². The Kier molecular flexibility index (Phi) is 5.96. The first kappa shape index (κ1) is 13.1. The summed E-state index contributed by atoms with van der Waals surface area (Å²) in [5, 5.41) is 11.7. The zero-order chi connectivity index (χ0) is 11.8. The molecule has 2 N–H and O–H groups in total. The Balaban J connectivity index is 2.30. The molecule has 1 rings (SSSR count). The van der Waals surface area contributed by atoms with Gasteiger partial charge in [0.05, 0.1) is 18.4 Å². The van der Waals surface area contributed by atoms with Crippen LogP contribution in [0.15, 0.2) is 35.2 Å². The molecule has 0 aromatic heterocycles. The van der Waals surface area contributed by atoms with E-state index in [2.05, 4.69) is 5.32 Å². The van der Waals surface area contributed by atoms with E-state index >= 15 is 0 Å². The summed E-state index contributed by atoms with van der Waals surface area (Å²) < 4.78 is 0. The molecule has 1 aromatic rings. The van der Waals surface area contributed by atoms with Crippen LogP contribution in [0, 0.1) is 0 Å². The Morgan fingerprint density at radius 2 is 2.12 bits per heavy atom. The molecule has 0 heterocycles. The maximum Gasteiger partial charge on any atom is 0.230 e. The molecule has 0 spiro atoms. The Bertz CT molecular complexity index is 312. The number of carbonyl (C=O) groups excluding carboxylic acids is 1. The molecule has 3 nitrogen and oxygen atoms in total. The molecule has 1 aromatic carbocycles. The highest BCUT2D eigenvalue weighted by molar-refractivity contribution is 8.00. The number of aliphatic hydroxyl groups is 1. The van der Waals surface area contributed by atoms with Gasteiger partial charge in [-0.05, 0) is 18.6 Å². The first-order chi connectivity index (χ1) is 7.76. The number of benzene rings is 1. The van der Waals surface area contributed by atoms with E-state index in [-0.39, 0.29) is 18.6 Å². The van der Waals surface area contributed by atoms with Crippen LogP contribution in [-0.2, 0) is 4.79 Å². The van der Waals surface area contributed by atoms with E-state index in [4.69, 9.17) is 5.11 Å². The summed E-state index contributed by atoms with van der Waals surface area (Å²) in [6, 6.07) is 9.67. The maximum atomic E-state index is 11.5. The van der Waals surface area contributed by atoms with Crippen molar-refractivity contribution < 1.29 is 9.90 Å². The van der Waals surface area contributed by atoms with Crippen LogP contribution in [-0.4, -0.2) is 29.4 Å². The number of amides is 1. The summed E-state index contributed by atoms with van der Waals surface area (Å²) in [5.41, 5.74) is 0. The SMILES string of the molecule is CCC(CO)NC(=O)CSc1ccccc1. The zero-order valence-electron chi connectivity index (χ0n) is 9.35. The number of hydrogen-bond acceptors (Lipinski definition) is 3. The average molecular weight is 239 g/mol. The summed E-state index contributed by atoms with van der Waals surface area (Å²) in [6.45, 7) is 1.93. The van der Waals surface area contributed by atoms with Gasteiger partial charge >= 0.3 is 0 Å². The Hall–Kier alpha value is -1.00. The monoisotopic (exact) mass is 239 g/mol. The quantitative estimate of drug-likeness (QED) is 0.742. The van der Waals surface area contributed by atoms with Gasteiger partial charge in [0, 0.05) is 4.90 Å². The molecule has 1 atom stereocenters.